The molecule has 110 valence electrons. The summed E-state index contributed by atoms with van der Waals surface area (Å²) in [5.74, 6) is -0.239. The molecule has 3 rings (SSSR count). The molecule has 8 nitrogen and oxygen atoms in total. The largest absolute Gasteiger partial charge is 0.375 e. The molecule has 1 aromatic heterocycles. The fourth-order valence-electron chi connectivity index (χ4n) is 2.43. The number of fused-ring (bicyclic) bond motifs is 1. The Hall–Kier alpha value is -2.48. The number of carbonyl (C=O) groups is 1. The number of nitro groups is 1. The number of H-pyrrole nitrogens is 1. The molecule has 8 heteroatoms. The van der Waals surface area contributed by atoms with Crippen molar-refractivity contribution < 1.29 is 14.5 Å². The number of carbonyl (C=O) groups excluding carboxylic acids is 1. The predicted molar refractivity (Wildman–Crippen MR) is 74.1 cm³/mol. The molecule has 1 aliphatic rings. The van der Waals surface area contributed by atoms with Gasteiger partial charge in [0.15, 0.2) is 5.69 Å². The van der Waals surface area contributed by atoms with Gasteiger partial charge in [-0.15, -0.1) is 0 Å². The Morgan fingerprint density at radius 3 is 3.10 bits per heavy atom. The maximum Gasteiger partial charge on any atom is 0.275 e. The molecule has 0 aliphatic carbocycles. The number of nitrogens with zero attached hydrogens (tertiary/aromatic N) is 3. The van der Waals surface area contributed by atoms with Gasteiger partial charge in [-0.2, -0.15) is 5.10 Å². The lowest BCUT2D eigenvalue weighted by molar-refractivity contribution is -0.384. The van der Waals surface area contributed by atoms with Crippen LogP contribution in [0.15, 0.2) is 18.2 Å². The molecule has 1 saturated heterocycles. The van der Waals surface area contributed by atoms with Gasteiger partial charge in [-0.25, -0.2) is 0 Å². The number of non-ortho nitro benzene ring substituents is 1. The van der Waals surface area contributed by atoms with Crippen molar-refractivity contribution in [3.8, 4) is 0 Å². The summed E-state index contributed by atoms with van der Waals surface area (Å²) in [4.78, 5) is 24.5. The first kappa shape index (κ1) is 13.5. The summed E-state index contributed by atoms with van der Waals surface area (Å²) >= 11 is 0. The molecule has 1 amide bonds. The molecule has 21 heavy (non-hydrogen) atoms. The van der Waals surface area contributed by atoms with E-state index in [0.29, 0.717) is 30.6 Å². The van der Waals surface area contributed by atoms with E-state index in [0.717, 1.165) is 0 Å². The molecule has 0 saturated carbocycles. The first-order valence-electron chi connectivity index (χ1n) is 6.59. The topological polar surface area (TPSA) is 101 Å². The maximum absolute atomic E-state index is 12.5. The van der Waals surface area contributed by atoms with Gasteiger partial charge in [0.25, 0.3) is 11.6 Å². The number of aromatic amines is 1. The van der Waals surface area contributed by atoms with Crippen molar-refractivity contribution in [2.75, 3.05) is 19.7 Å². The molecule has 1 aliphatic heterocycles. The monoisotopic (exact) mass is 290 g/mol. The van der Waals surface area contributed by atoms with E-state index in [4.69, 9.17) is 4.74 Å². The van der Waals surface area contributed by atoms with Gasteiger partial charge in [-0.05, 0) is 13.0 Å². The first-order chi connectivity index (χ1) is 10.1. The van der Waals surface area contributed by atoms with Crippen LogP contribution in [0.1, 0.15) is 17.4 Å². The Morgan fingerprint density at radius 2 is 2.38 bits per heavy atom. The standard InChI is InChI=1S/C13H14N4O4/c1-8-7-16(4-5-21-8)13(18)12-10-6-9(17(19)20)2-3-11(10)14-15-12/h2-3,6,8H,4-5,7H2,1H3,(H,14,15)/t8-/m0/s1. The molecule has 0 spiro atoms. The van der Waals surface area contributed by atoms with Crippen LogP contribution in [-0.2, 0) is 4.74 Å². The molecule has 0 unspecified atom stereocenters. The third kappa shape index (κ3) is 2.45. The third-order valence-electron chi connectivity index (χ3n) is 3.49. The van der Waals surface area contributed by atoms with E-state index >= 15 is 0 Å². The fourth-order valence-corrected chi connectivity index (χ4v) is 2.43. The molecule has 0 bridgehead atoms. The van der Waals surface area contributed by atoms with E-state index in [1.54, 1.807) is 11.0 Å². The van der Waals surface area contributed by atoms with Crippen LogP contribution in [0.2, 0.25) is 0 Å². The second-order valence-corrected chi connectivity index (χ2v) is 4.99. The molecule has 1 fully saturated rings. The Bertz CT molecular complexity index is 711. The van der Waals surface area contributed by atoms with Crippen LogP contribution in [0.3, 0.4) is 0 Å². The number of hydrogen-bond donors (Lipinski definition) is 1. The van der Waals surface area contributed by atoms with Crippen molar-refractivity contribution in [1.82, 2.24) is 15.1 Å². The lowest BCUT2D eigenvalue weighted by Crippen LogP contribution is -2.44. The van der Waals surface area contributed by atoms with Crippen molar-refractivity contribution >= 4 is 22.5 Å². The average Bonchev–Trinajstić information content (AvgIpc) is 2.89. The minimum Gasteiger partial charge on any atom is -0.375 e. The van der Waals surface area contributed by atoms with E-state index in [1.807, 2.05) is 6.92 Å². The smallest absolute Gasteiger partial charge is 0.275 e. The highest BCUT2D eigenvalue weighted by Crippen LogP contribution is 2.23. The van der Waals surface area contributed by atoms with Crippen LogP contribution in [0.5, 0.6) is 0 Å². The number of nitro benzene ring substituents is 1. The number of ether oxygens (including phenoxy) is 1. The summed E-state index contributed by atoms with van der Waals surface area (Å²) in [7, 11) is 0. The summed E-state index contributed by atoms with van der Waals surface area (Å²) in [5.41, 5.74) is 0.751. The SMILES string of the molecule is C[C@H]1CN(C(=O)c2n[nH]c3ccc([N+](=O)[O-])cc23)CCO1. The quantitative estimate of drug-likeness (QED) is 0.664. The van der Waals surface area contributed by atoms with Crippen molar-refractivity contribution in [3.63, 3.8) is 0 Å². The molecular formula is C13H14N4O4. The van der Waals surface area contributed by atoms with Crippen molar-refractivity contribution in [3.05, 3.63) is 34.0 Å². The van der Waals surface area contributed by atoms with Gasteiger partial charge in [-0.1, -0.05) is 0 Å². The van der Waals surface area contributed by atoms with E-state index in [2.05, 4.69) is 10.2 Å². The maximum atomic E-state index is 12.5. The number of benzene rings is 1. The van der Waals surface area contributed by atoms with Gasteiger partial charge >= 0.3 is 0 Å². The van der Waals surface area contributed by atoms with Gasteiger partial charge in [0.1, 0.15) is 0 Å². The molecule has 1 atom stereocenters. The van der Waals surface area contributed by atoms with Gasteiger partial charge in [-0.3, -0.25) is 20.0 Å². The summed E-state index contributed by atoms with van der Waals surface area (Å²) in [6.45, 7) is 3.36. The molecular weight excluding hydrogens is 276 g/mol. The van der Waals surface area contributed by atoms with Gasteiger partial charge in [0.2, 0.25) is 0 Å². The zero-order chi connectivity index (χ0) is 15.0. The molecule has 1 N–H and O–H groups in total. The Kier molecular flexibility index (Phi) is 3.30. The average molecular weight is 290 g/mol. The van der Waals surface area contributed by atoms with Crippen molar-refractivity contribution in [1.29, 1.82) is 0 Å². The minimum atomic E-state index is -0.489. The normalized spacial score (nSPS) is 18.9. The summed E-state index contributed by atoms with van der Waals surface area (Å²) in [6.07, 6.45) is -0.0257. The summed E-state index contributed by atoms with van der Waals surface area (Å²) in [6, 6.07) is 4.31. The van der Waals surface area contributed by atoms with Crippen LogP contribution in [0, 0.1) is 10.1 Å². The van der Waals surface area contributed by atoms with Crippen LogP contribution in [0.25, 0.3) is 10.9 Å². The minimum absolute atomic E-state index is 0.0257. The highest BCUT2D eigenvalue weighted by atomic mass is 16.6. The zero-order valence-corrected chi connectivity index (χ0v) is 11.4. The molecule has 2 heterocycles. The molecule has 0 radical (unpaired) electrons. The van der Waals surface area contributed by atoms with Gasteiger partial charge < -0.3 is 9.64 Å². The Balaban J connectivity index is 1.97. The number of aromatic nitrogens is 2. The molecule has 1 aromatic carbocycles. The number of morpholine rings is 1. The summed E-state index contributed by atoms with van der Waals surface area (Å²) < 4.78 is 5.40. The zero-order valence-electron chi connectivity index (χ0n) is 11.4. The second-order valence-electron chi connectivity index (χ2n) is 4.99. The first-order valence-corrected chi connectivity index (χ1v) is 6.59. The van der Waals surface area contributed by atoms with E-state index in [-0.39, 0.29) is 23.4 Å². The van der Waals surface area contributed by atoms with Crippen LogP contribution < -0.4 is 0 Å². The second kappa shape index (κ2) is 5.13. The lowest BCUT2D eigenvalue weighted by Gasteiger charge is -2.30. The van der Waals surface area contributed by atoms with E-state index in [9.17, 15) is 14.9 Å². The number of rotatable bonds is 2. The van der Waals surface area contributed by atoms with E-state index < -0.39 is 4.92 Å². The van der Waals surface area contributed by atoms with Crippen molar-refractivity contribution in [2.24, 2.45) is 0 Å². The van der Waals surface area contributed by atoms with Gasteiger partial charge in [0, 0.05) is 30.6 Å². The Morgan fingerprint density at radius 1 is 1.57 bits per heavy atom. The predicted octanol–water partition coefficient (Wildman–Crippen LogP) is 1.33. The lowest BCUT2D eigenvalue weighted by atomic mass is 10.1. The summed E-state index contributed by atoms with van der Waals surface area (Å²) in [5, 5.41) is 18.1. The van der Waals surface area contributed by atoms with Crippen LogP contribution >= 0.6 is 0 Å². The molecule has 2 aromatic rings. The number of amides is 1. The fraction of sp³-hybridized carbons (Fsp3) is 0.385. The van der Waals surface area contributed by atoms with E-state index in [1.165, 1.54) is 12.1 Å². The number of hydrogen-bond acceptors (Lipinski definition) is 5. The van der Waals surface area contributed by atoms with Crippen LogP contribution in [-0.4, -0.2) is 51.7 Å². The Labute approximate surface area is 119 Å². The highest BCUT2D eigenvalue weighted by Gasteiger charge is 2.26. The third-order valence-corrected chi connectivity index (χ3v) is 3.49. The highest BCUT2D eigenvalue weighted by molar-refractivity contribution is 6.05. The van der Waals surface area contributed by atoms with Crippen LogP contribution in [0.4, 0.5) is 5.69 Å². The van der Waals surface area contributed by atoms with Crippen molar-refractivity contribution in [2.45, 2.75) is 13.0 Å². The van der Waals surface area contributed by atoms with Gasteiger partial charge in [0.05, 0.1) is 23.2 Å². The number of nitrogens with one attached hydrogen (secondary N) is 1.